The number of hydrogen-bond donors (Lipinski definition) is 1. The molecule has 0 spiro atoms. The Morgan fingerprint density at radius 2 is 1.68 bits per heavy atom. The van der Waals surface area contributed by atoms with Gasteiger partial charge in [-0.25, -0.2) is 4.39 Å². The highest BCUT2D eigenvalue weighted by Crippen LogP contribution is 2.32. The molecular weight excluding hydrogens is 355 g/mol. The number of rotatable bonds is 5. The van der Waals surface area contributed by atoms with Crippen LogP contribution in [-0.4, -0.2) is 23.8 Å². The first-order chi connectivity index (χ1) is 13.5. The van der Waals surface area contributed by atoms with E-state index in [1.54, 1.807) is 31.3 Å². The van der Waals surface area contributed by atoms with E-state index in [0.29, 0.717) is 16.8 Å². The molecule has 4 rings (SSSR count). The quantitative estimate of drug-likeness (QED) is 0.707. The second-order valence-corrected chi connectivity index (χ2v) is 7.26. The number of amides is 2. The predicted octanol–water partition coefficient (Wildman–Crippen LogP) is 4.60. The van der Waals surface area contributed by atoms with Crippen molar-refractivity contribution in [2.45, 2.75) is 19.4 Å². The van der Waals surface area contributed by atoms with E-state index >= 15 is 0 Å². The van der Waals surface area contributed by atoms with Crippen molar-refractivity contribution in [3.63, 3.8) is 0 Å². The van der Waals surface area contributed by atoms with E-state index in [-0.39, 0.29) is 30.1 Å². The SMILES string of the molecule is CN(Cc1ccccc1F)C(=O)c1cc2ccccc2cc1NC(=O)C1CC1. The summed E-state index contributed by atoms with van der Waals surface area (Å²) >= 11 is 0. The maximum absolute atomic E-state index is 14.0. The number of nitrogens with zero attached hydrogens (tertiary/aromatic N) is 1. The Balaban J connectivity index is 1.67. The standard InChI is InChI=1S/C23H21FN2O2/c1-26(14-18-8-4-5-9-20(18)24)23(28)19-12-16-6-2-3-7-17(16)13-21(19)25-22(27)15-10-11-15/h2-9,12-13,15H,10-11,14H2,1H3,(H,25,27). The lowest BCUT2D eigenvalue weighted by Gasteiger charge is -2.20. The van der Waals surface area contributed by atoms with Crippen LogP contribution in [0.1, 0.15) is 28.8 Å². The molecule has 142 valence electrons. The topological polar surface area (TPSA) is 49.4 Å². The number of nitrogens with one attached hydrogen (secondary N) is 1. The summed E-state index contributed by atoms with van der Waals surface area (Å²) < 4.78 is 14.0. The molecule has 1 N–H and O–H groups in total. The van der Waals surface area contributed by atoms with E-state index in [2.05, 4.69) is 5.32 Å². The molecule has 5 heteroatoms. The summed E-state index contributed by atoms with van der Waals surface area (Å²) in [5.41, 5.74) is 1.36. The van der Waals surface area contributed by atoms with E-state index in [1.807, 2.05) is 30.3 Å². The molecule has 0 unspecified atom stereocenters. The normalized spacial score (nSPS) is 13.4. The van der Waals surface area contributed by atoms with Crippen molar-refractivity contribution < 1.29 is 14.0 Å². The molecule has 0 atom stereocenters. The molecule has 0 saturated heterocycles. The van der Waals surface area contributed by atoms with Gasteiger partial charge in [0, 0.05) is 25.1 Å². The van der Waals surface area contributed by atoms with Crippen LogP contribution < -0.4 is 5.32 Å². The van der Waals surface area contributed by atoms with Crippen molar-refractivity contribution in [3.05, 3.63) is 77.6 Å². The number of fused-ring (bicyclic) bond motifs is 1. The van der Waals surface area contributed by atoms with E-state index in [0.717, 1.165) is 23.6 Å². The molecule has 28 heavy (non-hydrogen) atoms. The van der Waals surface area contributed by atoms with Crippen LogP contribution in [0, 0.1) is 11.7 Å². The maximum Gasteiger partial charge on any atom is 0.256 e. The Hall–Kier alpha value is -3.21. The number of halogens is 1. The number of hydrogen-bond acceptors (Lipinski definition) is 2. The van der Waals surface area contributed by atoms with Gasteiger partial charge in [-0.15, -0.1) is 0 Å². The largest absolute Gasteiger partial charge is 0.337 e. The van der Waals surface area contributed by atoms with Crippen LogP contribution in [0.25, 0.3) is 10.8 Å². The first-order valence-corrected chi connectivity index (χ1v) is 9.35. The molecule has 1 fully saturated rings. The van der Waals surface area contributed by atoms with Gasteiger partial charge in [0.05, 0.1) is 11.3 Å². The summed E-state index contributed by atoms with van der Waals surface area (Å²) in [4.78, 5) is 26.9. The van der Waals surface area contributed by atoms with Gasteiger partial charge in [0.1, 0.15) is 5.82 Å². The minimum atomic E-state index is -0.345. The summed E-state index contributed by atoms with van der Waals surface area (Å²) in [7, 11) is 1.64. The molecule has 1 saturated carbocycles. The van der Waals surface area contributed by atoms with Crippen molar-refractivity contribution in [2.24, 2.45) is 5.92 Å². The Kier molecular flexibility index (Phi) is 4.82. The second-order valence-electron chi connectivity index (χ2n) is 7.26. The van der Waals surface area contributed by atoms with Crippen molar-refractivity contribution >= 4 is 28.3 Å². The average molecular weight is 376 g/mol. The van der Waals surface area contributed by atoms with Gasteiger partial charge < -0.3 is 10.2 Å². The molecule has 3 aromatic rings. The van der Waals surface area contributed by atoms with Crippen LogP contribution in [0.15, 0.2) is 60.7 Å². The van der Waals surface area contributed by atoms with Crippen LogP contribution in [0.2, 0.25) is 0 Å². The molecule has 2 amide bonds. The molecule has 0 bridgehead atoms. The van der Waals surface area contributed by atoms with E-state index in [4.69, 9.17) is 0 Å². The fourth-order valence-electron chi connectivity index (χ4n) is 3.26. The third-order valence-electron chi connectivity index (χ3n) is 5.03. The third-order valence-corrected chi connectivity index (χ3v) is 5.03. The average Bonchev–Trinajstić information content (AvgIpc) is 3.54. The summed E-state index contributed by atoms with van der Waals surface area (Å²) in [6.07, 6.45) is 1.77. The zero-order valence-electron chi connectivity index (χ0n) is 15.6. The van der Waals surface area contributed by atoms with Gasteiger partial charge in [-0.1, -0.05) is 42.5 Å². The first-order valence-electron chi connectivity index (χ1n) is 9.35. The summed E-state index contributed by atoms with van der Waals surface area (Å²) in [6, 6.07) is 17.7. The van der Waals surface area contributed by atoms with E-state index in [1.165, 1.54) is 11.0 Å². The molecule has 0 heterocycles. The smallest absolute Gasteiger partial charge is 0.256 e. The molecule has 0 radical (unpaired) electrons. The van der Waals surface area contributed by atoms with Crippen LogP contribution in [0.3, 0.4) is 0 Å². The van der Waals surface area contributed by atoms with Gasteiger partial charge in [0.15, 0.2) is 0 Å². The van der Waals surface area contributed by atoms with Crippen molar-refractivity contribution in [2.75, 3.05) is 12.4 Å². The van der Waals surface area contributed by atoms with Crippen LogP contribution in [-0.2, 0) is 11.3 Å². The van der Waals surface area contributed by atoms with Crippen LogP contribution in [0.4, 0.5) is 10.1 Å². The highest BCUT2D eigenvalue weighted by atomic mass is 19.1. The molecule has 1 aliphatic rings. The van der Waals surface area contributed by atoms with Gasteiger partial charge in [-0.3, -0.25) is 9.59 Å². The number of carbonyl (C=O) groups excluding carboxylic acids is 2. The Bertz CT molecular complexity index is 1060. The number of anilines is 1. The molecule has 0 aromatic heterocycles. The maximum atomic E-state index is 14.0. The Labute approximate surface area is 163 Å². The molecular formula is C23H21FN2O2. The van der Waals surface area contributed by atoms with Gasteiger partial charge >= 0.3 is 0 Å². The van der Waals surface area contributed by atoms with Crippen molar-refractivity contribution in [1.82, 2.24) is 4.90 Å². The van der Waals surface area contributed by atoms with Crippen LogP contribution >= 0.6 is 0 Å². The van der Waals surface area contributed by atoms with Crippen LogP contribution in [0.5, 0.6) is 0 Å². The highest BCUT2D eigenvalue weighted by molar-refractivity contribution is 6.08. The summed E-state index contributed by atoms with van der Waals surface area (Å²) in [5.74, 6) is -0.630. The second kappa shape index (κ2) is 7.43. The molecule has 1 aliphatic carbocycles. The van der Waals surface area contributed by atoms with Gasteiger partial charge in [0.25, 0.3) is 5.91 Å². The Morgan fingerprint density at radius 3 is 2.36 bits per heavy atom. The fourth-order valence-corrected chi connectivity index (χ4v) is 3.26. The third kappa shape index (κ3) is 3.74. The molecule has 3 aromatic carbocycles. The zero-order chi connectivity index (χ0) is 19.7. The molecule has 4 nitrogen and oxygen atoms in total. The van der Waals surface area contributed by atoms with Gasteiger partial charge in [0.2, 0.25) is 5.91 Å². The van der Waals surface area contributed by atoms with E-state index in [9.17, 15) is 14.0 Å². The van der Waals surface area contributed by atoms with E-state index < -0.39 is 0 Å². The lowest BCUT2D eigenvalue weighted by molar-refractivity contribution is -0.117. The number of benzene rings is 3. The summed E-state index contributed by atoms with van der Waals surface area (Å²) in [6.45, 7) is 0.147. The van der Waals surface area contributed by atoms with Gasteiger partial charge in [-0.05, 0) is 41.8 Å². The lowest BCUT2D eigenvalue weighted by Crippen LogP contribution is -2.28. The van der Waals surface area contributed by atoms with Gasteiger partial charge in [-0.2, -0.15) is 0 Å². The molecule has 0 aliphatic heterocycles. The lowest BCUT2D eigenvalue weighted by atomic mass is 10.0. The van der Waals surface area contributed by atoms with Crippen molar-refractivity contribution in [1.29, 1.82) is 0 Å². The first kappa shape index (κ1) is 18.2. The zero-order valence-corrected chi connectivity index (χ0v) is 15.6. The minimum Gasteiger partial charge on any atom is -0.337 e. The monoisotopic (exact) mass is 376 g/mol. The summed E-state index contributed by atoms with van der Waals surface area (Å²) in [5, 5.41) is 4.77. The minimum absolute atomic E-state index is 0.0329. The Morgan fingerprint density at radius 1 is 1.04 bits per heavy atom. The number of carbonyl (C=O) groups is 2. The van der Waals surface area contributed by atoms with Crippen molar-refractivity contribution in [3.8, 4) is 0 Å². The highest BCUT2D eigenvalue weighted by Gasteiger charge is 2.30. The predicted molar refractivity (Wildman–Crippen MR) is 107 cm³/mol. The fraction of sp³-hybridized carbons (Fsp3) is 0.217.